The number of rotatable bonds is 4. The topological polar surface area (TPSA) is 45.7 Å². The molecule has 2 saturated heterocycles. The van der Waals surface area contributed by atoms with Crippen LogP contribution >= 0.6 is 0 Å². The highest BCUT2D eigenvalue weighted by atomic mass is 16.5. The summed E-state index contributed by atoms with van der Waals surface area (Å²) in [5.74, 6) is 0.239. The molecule has 2 fully saturated rings. The molecule has 0 aliphatic carbocycles. The summed E-state index contributed by atoms with van der Waals surface area (Å²) in [5, 5.41) is 0. The predicted molar refractivity (Wildman–Crippen MR) is 84.5 cm³/mol. The van der Waals surface area contributed by atoms with Crippen LogP contribution in [0.1, 0.15) is 24.8 Å². The van der Waals surface area contributed by atoms with Crippen molar-refractivity contribution in [2.75, 3.05) is 33.4 Å². The van der Waals surface area contributed by atoms with Crippen LogP contribution in [0, 0.1) is 0 Å². The normalized spacial score (nSPS) is 25.8. The fraction of sp³-hybridized carbons (Fsp3) is 0.647. The Morgan fingerprint density at radius 3 is 2.86 bits per heavy atom. The van der Waals surface area contributed by atoms with E-state index in [-0.39, 0.29) is 5.91 Å². The SMILES string of the molecule is COC[C@@H]1C[C@@H]2CN(C(=O)Cc3ccncc3)CCCCN12. The maximum Gasteiger partial charge on any atom is 0.227 e. The van der Waals surface area contributed by atoms with Crippen molar-refractivity contribution in [1.29, 1.82) is 0 Å². The van der Waals surface area contributed by atoms with E-state index < -0.39 is 0 Å². The van der Waals surface area contributed by atoms with Gasteiger partial charge in [-0.05, 0) is 43.5 Å². The van der Waals surface area contributed by atoms with Crippen LogP contribution in [0.15, 0.2) is 24.5 Å². The van der Waals surface area contributed by atoms with Crippen molar-refractivity contribution >= 4 is 5.91 Å². The van der Waals surface area contributed by atoms with Crippen molar-refractivity contribution in [2.45, 2.75) is 37.8 Å². The molecule has 0 radical (unpaired) electrons. The largest absolute Gasteiger partial charge is 0.383 e. The number of carbonyl (C=O) groups excluding carboxylic acids is 1. The van der Waals surface area contributed by atoms with Crippen LogP contribution in [-0.2, 0) is 16.0 Å². The van der Waals surface area contributed by atoms with E-state index in [1.165, 1.54) is 0 Å². The number of methoxy groups -OCH3 is 1. The van der Waals surface area contributed by atoms with E-state index >= 15 is 0 Å². The van der Waals surface area contributed by atoms with E-state index in [4.69, 9.17) is 4.74 Å². The monoisotopic (exact) mass is 303 g/mol. The summed E-state index contributed by atoms with van der Waals surface area (Å²) in [6, 6.07) is 4.91. The Hall–Kier alpha value is -1.46. The first kappa shape index (κ1) is 15.4. The fourth-order valence-corrected chi connectivity index (χ4v) is 3.60. The van der Waals surface area contributed by atoms with Crippen LogP contribution in [0.25, 0.3) is 0 Å². The number of fused-ring (bicyclic) bond motifs is 1. The van der Waals surface area contributed by atoms with Gasteiger partial charge in [-0.3, -0.25) is 14.7 Å². The van der Waals surface area contributed by atoms with Gasteiger partial charge < -0.3 is 9.64 Å². The molecule has 1 aromatic heterocycles. The van der Waals surface area contributed by atoms with Gasteiger partial charge in [0, 0.05) is 44.7 Å². The first-order chi connectivity index (χ1) is 10.8. The fourth-order valence-electron chi connectivity index (χ4n) is 3.60. The Morgan fingerprint density at radius 1 is 1.32 bits per heavy atom. The number of ether oxygens (including phenoxy) is 1. The third-order valence-corrected chi connectivity index (χ3v) is 4.82. The van der Waals surface area contributed by atoms with Crippen LogP contribution in [-0.4, -0.2) is 66.1 Å². The Morgan fingerprint density at radius 2 is 2.09 bits per heavy atom. The zero-order valence-electron chi connectivity index (χ0n) is 13.3. The van der Waals surface area contributed by atoms with Crippen LogP contribution < -0.4 is 0 Å². The van der Waals surface area contributed by atoms with E-state index in [1.807, 2.05) is 12.1 Å². The maximum atomic E-state index is 12.6. The second-order valence-corrected chi connectivity index (χ2v) is 6.32. The average molecular weight is 303 g/mol. The highest BCUT2D eigenvalue weighted by molar-refractivity contribution is 5.78. The van der Waals surface area contributed by atoms with Crippen LogP contribution in [0.3, 0.4) is 0 Å². The van der Waals surface area contributed by atoms with Gasteiger partial charge in [0.15, 0.2) is 0 Å². The van der Waals surface area contributed by atoms with Crippen molar-refractivity contribution in [3.05, 3.63) is 30.1 Å². The highest BCUT2D eigenvalue weighted by Gasteiger charge is 2.39. The molecule has 0 bridgehead atoms. The molecule has 5 nitrogen and oxygen atoms in total. The number of hydrogen-bond donors (Lipinski definition) is 0. The lowest BCUT2D eigenvalue weighted by molar-refractivity contribution is -0.134. The van der Waals surface area contributed by atoms with E-state index in [2.05, 4.69) is 14.8 Å². The first-order valence-corrected chi connectivity index (χ1v) is 8.19. The van der Waals surface area contributed by atoms with Crippen LogP contribution in [0.5, 0.6) is 0 Å². The summed E-state index contributed by atoms with van der Waals surface area (Å²) in [4.78, 5) is 21.2. The van der Waals surface area contributed by atoms with Gasteiger partial charge in [0.05, 0.1) is 13.0 Å². The number of pyridine rings is 1. The molecule has 3 heterocycles. The maximum absolute atomic E-state index is 12.6. The minimum atomic E-state index is 0.239. The molecule has 5 heteroatoms. The summed E-state index contributed by atoms with van der Waals surface area (Å²) in [7, 11) is 1.77. The molecule has 2 aliphatic rings. The minimum Gasteiger partial charge on any atom is -0.383 e. The summed E-state index contributed by atoms with van der Waals surface area (Å²) in [5.41, 5.74) is 1.05. The van der Waals surface area contributed by atoms with Crippen molar-refractivity contribution in [2.24, 2.45) is 0 Å². The third kappa shape index (κ3) is 3.47. The third-order valence-electron chi connectivity index (χ3n) is 4.82. The molecule has 22 heavy (non-hydrogen) atoms. The van der Waals surface area contributed by atoms with Crippen molar-refractivity contribution in [3.8, 4) is 0 Å². The zero-order valence-corrected chi connectivity index (χ0v) is 13.3. The molecule has 120 valence electrons. The molecular formula is C17H25N3O2. The molecule has 0 spiro atoms. The second-order valence-electron chi connectivity index (χ2n) is 6.32. The minimum absolute atomic E-state index is 0.239. The van der Waals surface area contributed by atoms with E-state index in [1.54, 1.807) is 19.5 Å². The standard InChI is InChI=1S/C17H25N3O2/c1-22-13-16-11-15-12-19(8-2-3-9-20(15)16)17(21)10-14-4-6-18-7-5-14/h4-7,15-16H,2-3,8-13H2,1H3/t15-,16+/m1/s1. The summed E-state index contributed by atoms with van der Waals surface area (Å²) in [6.07, 6.45) is 7.38. The Kier molecular flexibility index (Phi) is 5.05. The van der Waals surface area contributed by atoms with Crippen molar-refractivity contribution in [3.63, 3.8) is 0 Å². The number of hydrogen-bond acceptors (Lipinski definition) is 4. The Labute approximate surface area is 132 Å². The highest BCUT2D eigenvalue weighted by Crippen LogP contribution is 2.29. The van der Waals surface area contributed by atoms with E-state index in [0.29, 0.717) is 18.5 Å². The summed E-state index contributed by atoms with van der Waals surface area (Å²) < 4.78 is 5.29. The molecule has 0 aromatic carbocycles. The molecule has 2 atom stereocenters. The van der Waals surface area contributed by atoms with Crippen molar-refractivity contribution < 1.29 is 9.53 Å². The Bertz CT molecular complexity index is 494. The van der Waals surface area contributed by atoms with Gasteiger partial charge in [-0.25, -0.2) is 0 Å². The van der Waals surface area contributed by atoms with Crippen LogP contribution in [0.2, 0.25) is 0 Å². The van der Waals surface area contributed by atoms with Gasteiger partial charge in [0.2, 0.25) is 5.91 Å². The number of carbonyl (C=O) groups is 1. The van der Waals surface area contributed by atoms with Crippen LogP contribution in [0.4, 0.5) is 0 Å². The van der Waals surface area contributed by atoms with Crippen molar-refractivity contribution in [1.82, 2.24) is 14.8 Å². The van der Waals surface area contributed by atoms with Gasteiger partial charge >= 0.3 is 0 Å². The lowest BCUT2D eigenvalue weighted by atomic mass is 9.91. The summed E-state index contributed by atoms with van der Waals surface area (Å²) >= 11 is 0. The first-order valence-electron chi connectivity index (χ1n) is 8.19. The average Bonchev–Trinajstić information content (AvgIpc) is 2.50. The summed E-state index contributed by atoms with van der Waals surface area (Å²) in [6.45, 7) is 3.71. The second kappa shape index (κ2) is 7.20. The van der Waals surface area contributed by atoms with E-state index in [0.717, 1.165) is 51.1 Å². The van der Waals surface area contributed by atoms with E-state index in [9.17, 15) is 4.79 Å². The van der Waals surface area contributed by atoms with Gasteiger partial charge in [-0.2, -0.15) is 0 Å². The number of amides is 1. The molecular weight excluding hydrogens is 278 g/mol. The number of aromatic nitrogens is 1. The predicted octanol–water partition coefficient (Wildman–Crippen LogP) is 1.34. The molecule has 2 aliphatic heterocycles. The molecule has 0 unspecified atom stereocenters. The lowest BCUT2D eigenvalue weighted by Gasteiger charge is -2.51. The van der Waals surface area contributed by atoms with Gasteiger partial charge in [0.25, 0.3) is 0 Å². The van der Waals surface area contributed by atoms with Gasteiger partial charge in [-0.15, -0.1) is 0 Å². The molecule has 0 N–H and O–H groups in total. The Balaban J connectivity index is 1.58. The quantitative estimate of drug-likeness (QED) is 0.842. The lowest BCUT2D eigenvalue weighted by Crippen LogP contribution is -2.63. The molecule has 1 amide bonds. The molecule has 1 aromatic rings. The van der Waals surface area contributed by atoms with Gasteiger partial charge in [-0.1, -0.05) is 0 Å². The number of nitrogens with zero attached hydrogens (tertiary/aromatic N) is 3. The van der Waals surface area contributed by atoms with Gasteiger partial charge in [0.1, 0.15) is 0 Å². The zero-order chi connectivity index (χ0) is 15.4. The smallest absolute Gasteiger partial charge is 0.227 e. The molecule has 3 rings (SSSR count). The molecule has 0 saturated carbocycles.